The molecule has 198 valence electrons. The summed E-state index contributed by atoms with van der Waals surface area (Å²) in [5.74, 6) is -1.49. The van der Waals surface area contributed by atoms with Gasteiger partial charge in [-0.2, -0.15) is 0 Å². The van der Waals surface area contributed by atoms with Crippen LogP contribution < -0.4 is 11.2 Å². The fourth-order valence-electron chi connectivity index (χ4n) is 4.54. The maximum Gasteiger partial charge on any atom is 0.337 e. The van der Waals surface area contributed by atoms with Crippen molar-refractivity contribution in [2.75, 3.05) is 0 Å². The molecule has 39 heavy (non-hydrogen) atoms. The van der Waals surface area contributed by atoms with Crippen LogP contribution in [-0.2, 0) is 23.6 Å². The van der Waals surface area contributed by atoms with Gasteiger partial charge in [0.1, 0.15) is 22.2 Å². The highest BCUT2D eigenvalue weighted by molar-refractivity contribution is 7.22. The van der Waals surface area contributed by atoms with Crippen LogP contribution in [0, 0.1) is 11.6 Å². The van der Waals surface area contributed by atoms with Crippen LogP contribution in [0.25, 0.3) is 26.3 Å². The first kappa shape index (κ1) is 26.7. The fraction of sp³-hybridized carbons (Fsp3) is 0.167. The van der Waals surface area contributed by atoms with E-state index in [1.54, 1.807) is 30.3 Å². The summed E-state index contributed by atoms with van der Waals surface area (Å²) in [6, 6.07) is 19.3. The topological polar surface area (TPSA) is 61.1 Å². The van der Waals surface area contributed by atoms with Gasteiger partial charge in [-0.05, 0) is 35.4 Å². The monoisotopic (exact) mass is 564 g/mol. The van der Waals surface area contributed by atoms with E-state index in [9.17, 15) is 23.2 Å². The molecule has 0 aliphatic carbocycles. The third-order valence-corrected chi connectivity index (χ3v) is 8.18. The summed E-state index contributed by atoms with van der Waals surface area (Å²) >= 11 is 7.57. The molecule has 5 rings (SSSR count). The minimum absolute atomic E-state index is 0.0261. The quantitative estimate of drug-likeness (QED) is 0.203. The van der Waals surface area contributed by atoms with Crippen molar-refractivity contribution in [2.24, 2.45) is 0 Å². The van der Waals surface area contributed by atoms with Gasteiger partial charge in [0, 0.05) is 34.7 Å². The molecule has 0 unspecified atom stereocenters. The smallest absolute Gasteiger partial charge is 0.299 e. The second kappa shape index (κ2) is 11.1. The number of fused-ring (bicyclic) bond motifs is 1. The SMILES string of the molecule is CCC(=O)Cc1ccc(-c2sc3c(c2CCl)c(=O)n(-c2ccccc2)c(=O)n3Cc2c(F)cccc2F)cc1. The highest BCUT2D eigenvalue weighted by atomic mass is 35.5. The van der Waals surface area contributed by atoms with Gasteiger partial charge in [-0.15, -0.1) is 22.9 Å². The van der Waals surface area contributed by atoms with Gasteiger partial charge in [-0.25, -0.2) is 18.1 Å². The van der Waals surface area contributed by atoms with E-state index in [0.29, 0.717) is 29.0 Å². The Hall–Kier alpha value is -3.88. The number of nitrogens with zero attached hydrogens (tertiary/aromatic N) is 2. The van der Waals surface area contributed by atoms with Crippen LogP contribution >= 0.6 is 22.9 Å². The Labute approximate surface area is 231 Å². The third kappa shape index (κ3) is 4.97. The number of carbonyl (C=O) groups is 1. The van der Waals surface area contributed by atoms with E-state index in [4.69, 9.17) is 11.6 Å². The van der Waals surface area contributed by atoms with E-state index in [0.717, 1.165) is 27.8 Å². The summed E-state index contributed by atoms with van der Waals surface area (Å²) in [6.45, 7) is 1.40. The summed E-state index contributed by atoms with van der Waals surface area (Å²) < 4.78 is 31.6. The summed E-state index contributed by atoms with van der Waals surface area (Å²) in [4.78, 5) is 40.4. The first-order valence-electron chi connectivity index (χ1n) is 12.3. The van der Waals surface area contributed by atoms with Crippen LogP contribution in [0.4, 0.5) is 8.78 Å². The van der Waals surface area contributed by atoms with Crippen molar-refractivity contribution in [3.8, 4) is 16.1 Å². The maximum atomic E-state index is 14.7. The molecule has 2 aromatic heterocycles. The zero-order chi connectivity index (χ0) is 27.7. The van der Waals surface area contributed by atoms with Gasteiger partial charge in [0.2, 0.25) is 0 Å². The van der Waals surface area contributed by atoms with Crippen LogP contribution in [0.3, 0.4) is 0 Å². The normalized spacial score (nSPS) is 11.3. The third-order valence-electron chi connectivity index (χ3n) is 6.61. The highest BCUT2D eigenvalue weighted by Crippen LogP contribution is 2.38. The van der Waals surface area contributed by atoms with E-state index in [1.165, 1.54) is 22.0 Å². The molecule has 2 heterocycles. The average molecular weight is 565 g/mol. The molecule has 0 aliphatic rings. The van der Waals surface area contributed by atoms with Crippen molar-refractivity contribution in [3.05, 3.63) is 122 Å². The van der Waals surface area contributed by atoms with Crippen LogP contribution in [0.1, 0.15) is 30.0 Å². The maximum absolute atomic E-state index is 14.7. The number of aromatic nitrogens is 2. The molecule has 5 aromatic rings. The lowest BCUT2D eigenvalue weighted by Gasteiger charge is -2.13. The summed E-state index contributed by atoms with van der Waals surface area (Å²) in [6.07, 6.45) is 0.767. The van der Waals surface area contributed by atoms with Gasteiger partial charge in [0.15, 0.2) is 0 Å². The Bertz CT molecular complexity index is 1790. The Morgan fingerprint density at radius 3 is 2.18 bits per heavy atom. The number of hydrogen-bond donors (Lipinski definition) is 0. The predicted octanol–water partition coefficient (Wildman–Crippen LogP) is 6.47. The largest absolute Gasteiger partial charge is 0.337 e. The predicted molar refractivity (Wildman–Crippen MR) is 151 cm³/mol. The Kier molecular flexibility index (Phi) is 7.59. The fourth-order valence-corrected chi connectivity index (χ4v) is 6.20. The van der Waals surface area contributed by atoms with Crippen molar-refractivity contribution in [1.82, 2.24) is 9.13 Å². The zero-order valence-corrected chi connectivity index (χ0v) is 22.5. The van der Waals surface area contributed by atoms with Crippen molar-refractivity contribution < 1.29 is 13.6 Å². The lowest BCUT2D eigenvalue weighted by molar-refractivity contribution is -0.118. The van der Waals surface area contributed by atoms with Gasteiger partial charge in [0.05, 0.1) is 17.6 Å². The molecule has 0 spiro atoms. The number of para-hydroxylation sites is 1. The van der Waals surface area contributed by atoms with Crippen LogP contribution in [-0.4, -0.2) is 14.9 Å². The zero-order valence-electron chi connectivity index (χ0n) is 20.9. The molecule has 0 N–H and O–H groups in total. The van der Waals surface area contributed by atoms with Gasteiger partial charge >= 0.3 is 5.69 Å². The van der Waals surface area contributed by atoms with Gasteiger partial charge in [-0.1, -0.05) is 55.5 Å². The van der Waals surface area contributed by atoms with E-state index in [2.05, 4.69) is 0 Å². The summed E-state index contributed by atoms with van der Waals surface area (Å²) in [5, 5.41) is 0.218. The molecule has 5 nitrogen and oxygen atoms in total. The Balaban J connectivity index is 1.78. The molecule has 0 radical (unpaired) electrons. The average Bonchev–Trinajstić information content (AvgIpc) is 3.33. The van der Waals surface area contributed by atoms with Crippen LogP contribution in [0.2, 0.25) is 0 Å². The second-order valence-corrected chi connectivity index (χ2v) is 10.3. The number of thiophene rings is 1. The molecular weight excluding hydrogens is 542 g/mol. The number of carbonyl (C=O) groups excluding carboxylic acids is 1. The first-order valence-corrected chi connectivity index (χ1v) is 13.7. The minimum Gasteiger partial charge on any atom is -0.299 e. The van der Waals surface area contributed by atoms with Gasteiger partial charge < -0.3 is 0 Å². The Morgan fingerprint density at radius 2 is 1.56 bits per heavy atom. The molecule has 0 atom stereocenters. The van der Waals surface area contributed by atoms with Gasteiger partial charge in [0.25, 0.3) is 5.56 Å². The van der Waals surface area contributed by atoms with Crippen LogP contribution in [0.5, 0.6) is 0 Å². The molecular formula is C30H23ClF2N2O3S. The molecule has 0 aliphatic heterocycles. The number of alkyl halides is 1. The molecule has 0 saturated heterocycles. The van der Waals surface area contributed by atoms with Crippen molar-refractivity contribution in [3.63, 3.8) is 0 Å². The molecule has 0 fully saturated rings. The minimum atomic E-state index is -0.793. The van der Waals surface area contributed by atoms with Crippen LogP contribution in [0.15, 0.2) is 82.4 Å². The number of Topliss-reactive ketones (excluding diaryl/α,β-unsaturated/α-hetero) is 1. The lowest BCUT2D eigenvalue weighted by atomic mass is 10.0. The molecule has 0 amide bonds. The number of rotatable bonds is 8. The van der Waals surface area contributed by atoms with Gasteiger partial charge in [-0.3, -0.25) is 14.2 Å². The standard InChI is InChI=1S/C30H23ClF2N2O3S/c1-2-21(36)15-18-11-13-19(14-12-18)27-22(16-31)26-28(37)35(20-7-4-3-5-8-20)30(38)34(29(26)39-27)17-23-24(32)9-6-10-25(23)33/h3-14H,2,15-17H2,1H3. The van der Waals surface area contributed by atoms with Crippen molar-refractivity contribution in [1.29, 1.82) is 0 Å². The van der Waals surface area contributed by atoms with E-state index in [1.807, 2.05) is 31.2 Å². The van der Waals surface area contributed by atoms with Crippen molar-refractivity contribution in [2.45, 2.75) is 32.2 Å². The molecule has 0 saturated carbocycles. The number of ketones is 1. The van der Waals surface area contributed by atoms with Crippen molar-refractivity contribution >= 4 is 38.9 Å². The molecule has 0 bridgehead atoms. The summed E-state index contributed by atoms with van der Waals surface area (Å²) in [5.41, 5.74) is 0.894. The summed E-state index contributed by atoms with van der Waals surface area (Å²) in [7, 11) is 0. The first-order chi connectivity index (χ1) is 18.8. The number of benzene rings is 3. The van der Waals surface area contributed by atoms with E-state index < -0.39 is 29.4 Å². The molecule has 3 aromatic carbocycles. The van der Waals surface area contributed by atoms with E-state index in [-0.39, 0.29) is 27.4 Å². The van der Waals surface area contributed by atoms with E-state index >= 15 is 0 Å². The Morgan fingerprint density at radius 1 is 0.897 bits per heavy atom. The molecule has 9 heteroatoms. The number of hydrogen-bond acceptors (Lipinski definition) is 4. The number of halogens is 3. The second-order valence-electron chi connectivity index (χ2n) is 9.03. The lowest BCUT2D eigenvalue weighted by Crippen LogP contribution is -2.39. The highest BCUT2D eigenvalue weighted by Gasteiger charge is 2.24.